The van der Waals surface area contributed by atoms with Crippen LogP contribution in [0.2, 0.25) is 0 Å². The minimum atomic E-state index is -0.616. The van der Waals surface area contributed by atoms with Crippen LogP contribution in [-0.2, 0) is 9.59 Å². The number of rotatable bonds is 7. The molecule has 1 N–H and O–H groups in total. The average Bonchev–Trinajstić information content (AvgIpc) is 2.94. The molecule has 1 aliphatic rings. The summed E-state index contributed by atoms with van der Waals surface area (Å²) in [6.07, 6.45) is 1.02. The van der Waals surface area contributed by atoms with Crippen molar-refractivity contribution in [2.24, 2.45) is 0 Å². The number of nitrogens with one attached hydrogen (secondary N) is 1. The summed E-state index contributed by atoms with van der Waals surface area (Å²) in [6.45, 7) is 2.66. The van der Waals surface area contributed by atoms with Gasteiger partial charge in [0.15, 0.2) is 0 Å². The first-order valence-corrected chi connectivity index (χ1v) is 8.63. The van der Waals surface area contributed by atoms with Gasteiger partial charge in [0.1, 0.15) is 17.5 Å². The first-order valence-electron chi connectivity index (χ1n) is 8.63. The standard InChI is InChI=1S/C20H22N2O4/c1-3-12-26-15-10-8-14(9-11-15)22-19(23)13-17(20(22)24)21-16-6-4-5-7-18(16)25-2/h4-11,17,21H,3,12-13H2,1-2H3/t17-/m1/s1. The molecule has 2 aromatic rings. The Morgan fingerprint density at radius 2 is 1.85 bits per heavy atom. The molecule has 0 unspecified atom stereocenters. The van der Waals surface area contributed by atoms with Gasteiger partial charge in [0, 0.05) is 0 Å². The second-order valence-corrected chi connectivity index (χ2v) is 6.01. The van der Waals surface area contributed by atoms with E-state index in [1.54, 1.807) is 37.4 Å². The van der Waals surface area contributed by atoms with E-state index in [4.69, 9.17) is 9.47 Å². The van der Waals surface area contributed by atoms with E-state index < -0.39 is 6.04 Å². The molecule has 0 saturated carbocycles. The largest absolute Gasteiger partial charge is 0.495 e. The highest BCUT2D eigenvalue weighted by molar-refractivity contribution is 6.23. The zero-order valence-electron chi connectivity index (χ0n) is 14.9. The van der Waals surface area contributed by atoms with Gasteiger partial charge in [-0.3, -0.25) is 9.59 Å². The molecule has 136 valence electrons. The van der Waals surface area contributed by atoms with Gasteiger partial charge in [-0.15, -0.1) is 0 Å². The highest BCUT2D eigenvalue weighted by Crippen LogP contribution is 2.29. The molecule has 1 atom stereocenters. The van der Waals surface area contributed by atoms with Gasteiger partial charge >= 0.3 is 0 Å². The third kappa shape index (κ3) is 3.64. The summed E-state index contributed by atoms with van der Waals surface area (Å²) in [5, 5.41) is 3.12. The molecule has 26 heavy (non-hydrogen) atoms. The zero-order valence-corrected chi connectivity index (χ0v) is 14.9. The van der Waals surface area contributed by atoms with E-state index >= 15 is 0 Å². The summed E-state index contributed by atoms with van der Waals surface area (Å²) >= 11 is 0. The molecule has 0 spiro atoms. The van der Waals surface area contributed by atoms with E-state index in [1.165, 1.54) is 4.90 Å². The van der Waals surface area contributed by atoms with Crippen LogP contribution < -0.4 is 19.7 Å². The van der Waals surface area contributed by atoms with Gasteiger partial charge < -0.3 is 14.8 Å². The van der Waals surface area contributed by atoms with Gasteiger partial charge in [-0.1, -0.05) is 19.1 Å². The van der Waals surface area contributed by atoms with E-state index in [-0.39, 0.29) is 18.2 Å². The molecule has 0 radical (unpaired) electrons. The summed E-state index contributed by atoms with van der Waals surface area (Å²) in [6, 6.07) is 13.7. The van der Waals surface area contributed by atoms with Crippen molar-refractivity contribution in [1.29, 1.82) is 0 Å². The number of nitrogens with zero attached hydrogens (tertiary/aromatic N) is 1. The van der Waals surface area contributed by atoms with E-state index in [9.17, 15) is 9.59 Å². The Morgan fingerprint density at radius 1 is 1.12 bits per heavy atom. The van der Waals surface area contributed by atoms with Gasteiger partial charge in [0.05, 0.1) is 31.5 Å². The first-order chi connectivity index (χ1) is 12.6. The average molecular weight is 354 g/mol. The number of amides is 2. The first kappa shape index (κ1) is 17.8. The normalized spacial score (nSPS) is 16.7. The predicted molar refractivity (Wildman–Crippen MR) is 99.7 cm³/mol. The third-order valence-electron chi connectivity index (χ3n) is 4.15. The van der Waals surface area contributed by atoms with E-state index in [1.807, 2.05) is 25.1 Å². The molecular weight excluding hydrogens is 332 g/mol. The third-order valence-corrected chi connectivity index (χ3v) is 4.15. The Labute approximate surface area is 152 Å². The number of carbonyl (C=O) groups excluding carboxylic acids is 2. The Kier molecular flexibility index (Phi) is 5.41. The molecule has 6 heteroatoms. The van der Waals surface area contributed by atoms with Crippen LogP contribution in [0.5, 0.6) is 11.5 Å². The molecule has 3 rings (SSSR count). The second-order valence-electron chi connectivity index (χ2n) is 6.01. The van der Waals surface area contributed by atoms with Crippen LogP contribution in [0.3, 0.4) is 0 Å². The lowest BCUT2D eigenvalue weighted by molar-refractivity contribution is -0.121. The van der Waals surface area contributed by atoms with Gasteiger partial charge in [0.2, 0.25) is 5.91 Å². The maximum atomic E-state index is 12.7. The van der Waals surface area contributed by atoms with Crippen LogP contribution in [0, 0.1) is 0 Å². The number of carbonyl (C=O) groups is 2. The summed E-state index contributed by atoms with van der Waals surface area (Å²) in [4.78, 5) is 26.4. The lowest BCUT2D eigenvalue weighted by atomic mass is 10.2. The summed E-state index contributed by atoms with van der Waals surface area (Å²) in [5.74, 6) is 0.842. The number of imide groups is 1. The molecule has 0 bridgehead atoms. The van der Waals surface area contributed by atoms with Crippen molar-refractivity contribution >= 4 is 23.2 Å². The molecule has 1 aliphatic heterocycles. The molecule has 1 saturated heterocycles. The maximum Gasteiger partial charge on any atom is 0.256 e. The highest BCUT2D eigenvalue weighted by atomic mass is 16.5. The van der Waals surface area contributed by atoms with Crippen LogP contribution in [-0.4, -0.2) is 31.6 Å². The van der Waals surface area contributed by atoms with Gasteiger partial charge in [-0.25, -0.2) is 4.90 Å². The monoisotopic (exact) mass is 354 g/mol. The number of ether oxygens (including phenoxy) is 2. The van der Waals surface area contributed by atoms with Crippen LogP contribution in [0.4, 0.5) is 11.4 Å². The van der Waals surface area contributed by atoms with Gasteiger partial charge in [-0.05, 0) is 42.8 Å². The molecule has 1 heterocycles. The van der Waals surface area contributed by atoms with Crippen molar-refractivity contribution in [2.75, 3.05) is 23.9 Å². The van der Waals surface area contributed by atoms with Crippen molar-refractivity contribution in [2.45, 2.75) is 25.8 Å². The topological polar surface area (TPSA) is 67.9 Å². The molecule has 0 aromatic heterocycles. The molecule has 0 aliphatic carbocycles. The SMILES string of the molecule is CCCOc1ccc(N2C(=O)C[C@@H](Nc3ccccc3OC)C2=O)cc1. The lowest BCUT2D eigenvalue weighted by Gasteiger charge is -2.17. The molecule has 2 aromatic carbocycles. The lowest BCUT2D eigenvalue weighted by Crippen LogP contribution is -2.34. The summed E-state index contributed by atoms with van der Waals surface area (Å²) in [5.41, 5.74) is 1.24. The fourth-order valence-corrected chi connectivity index (χ4v) is 2.88. The number of anilines is 2. The van der Waals surface area contributed by atoms with E-state index in [0.717, 1.165) is 12.2 Å². The Hall–Kier alpha value is -3.02. The van der Waals surface area contributed by atoms with Gasteiger partial charge in [-0.2, -0.15) is 0 Å². The smallest absolute Gasteiger partial charge is 0.256 e. The van der Waals surface area contributed by atoms with Crippen molar-refractivity contribution < 1.29 is 19.1 Å². The highest BCUT2D eigenvalue weighted by Gasteiger charge is 2.39. The van der Waals surface area contributed by atoms with Crippen molar-refractivity contribution in [3.63, 3.8) is 0 Å². The minimum absolute atomic E-state index is 0.102. The van der Waals surface area contributed by atoms with Crippen LogP contribution in [0.1, 0.15) is 19.8 Å². The van der Waals surface area contributed by atoms with Gasteiger partial charge in [0.25, 0.3) is 5.91 Å². The summed E-state index contributed by atoms with van der Waals surface area (Å²) < 4.78 is 10.8. The Bertz CT molecular complexity index is 789. The van der Waals surface area contributed by atoms with E-state index in [2.05, 4.69) is 5.32 Å². The second kappa shape index (κ2) is 7.91. The number of benzene rings is 2. The fraction of sp³-hybridized carbons (Fsp3) is 0.300. The zero-order chi connectivity index (χ0) is 18.5. The molecule has 2 amide bonds. The number of hydrogen-bond donors (Lipinski definition) is 1. The minimum Gasteiger partial charge on any atom is -0.495 e. The Morgan fingerprint density at radius 3 is 2.54 bits per heavy atom. The number of methoxy groups -OCH3 is 1. The maximum absolute atomic E-state index is 12.7. The quantitative estimate of drug-likeness (QED) is 0.773. The molecular formula is C20H22N2O4. The van der Waals surface area contributed by atoms with Crippen LogP contribution in [0.15, 0.2) is 48.5 Å². The van der Waals surface area contributed by atoms with Crippen molar-refractivity contribution in [3.8, 4) is 11.5 Å². The number of para-hydroxylation sites is 2. The predicted octanol–water partition coefficient (Wildman–Crippen LogP) is 3.23. The number of hydrogen-bond acceptors (Lipinski definition) is 5. The van der Waals surface area contributed by atoms with Crippen LogP contribution >= 0.6 is 0 Å². The fourth-order valence-electron chi connectivity index (χ4n) is 2.88. The molecule has 1 fully saturated rings. The van der Waals surface area contributed by atoms with Crippen molar-refractivity contribution in [3.05, 3.63) is 48.5 Å². The van der Waals surface area contributed by atoms with Crippen LogP contribution in [0.25, 0.3) is 0 Å². The Balaban J connectivity index is 1.74. The van der Waals surface area contributed by atoms with Crippen molar-refractivity contribution in [1.82, 2.24) is 0 Å². The molecule has 6 nitrogen and oxygen atoms in total. The summed E-state index contributed by atoms with van der Waals surface area (Å²) in [7, 11) is 1.57. The van der Waals surface area contributed by atoms with E-state index in [0.29, 0.717) is 23.7 Å².